The number of hydrogen-bond acceptors (Lipinski definition) is 1. The minimum atomic E-state index is -0.240. The molecule has 0 radical (unpaired) electrons. The maximum atomic E-state index is 9.53. The Morgan fingerprint density at radius 2 is 2.22 bits per heavy atom. The molecule has 1 N–H and O–H groups in total. The summed E-state index contributed by atoms with van der Waals surface area (Å²) in [5.74, 6) is 0.573. The van der Waals surface area contributed by atoms with Crippen molar-refractivity contribution in [3.05, 3.63) is 0 Å². The third-order valence-electron chi connectivity index (χ3n) is 2.38. The molecule has 0 saturated heterocycles. The largest absolute Gasteiger partial charge is 0.390 e. The molecule has 0 bridgehead atoms. The Balaban J connectivity index is 2.13. The summed E-state index contributed by atoms with van der Waals surface area (Å²) in [6, 6.07) is 0. The molecule has 2 unspecified atom stereocenters. The van der Waals surface area contributed by atoms with Gasteiger partial charge in [0.2, 0.25) is 0 Å². The second-order valence-electron chi connectivity index (χ2n) is 3.31. The highest BCUT2D eigenvalue weighted by atomic mass is 16.3. The molecule has 1 aliphatic rings. The average Bonchev–Trinajstić information content (AvgIpc) is 2.38. The van der Waals surface area contributed by atoms with E-state index in [0.29, 0.717) is 5.92 Å². The van der Waals surface area contributed by atoms with E-state index in [1.807, 2.05) is 0 Å². The molecule has 1 saturated carbocycles. The van der Waals surface area contributed by atoms with E-state index in [0.717, 1.165) is 12.8 Å². The van der Waals surface area contributed by atoms with Gasteiger partial charge in [-0.2, -0.15) is 0 Å². The molecule has 54 valence electrons. The highest BCUT2D eigenvalue weighted by molar-refractivity contribution is 5.00. The summed E-state index contributed by atoms with van der Waals surface area (Å²) in [4.78, 5) is 0. The smallest absolute Gasteiger partial charge is 0.0677 e. The number of hydrogen-bond donors (Lipinski definition) is 1. The van der Waals surface area contributed by atoms with Gasteiger partial charge in [0.15, 0.2) is 0 Å². The predicted octanol–water partition coefficient (Wildman–Crippen LogP) is 1.95. The summed E-state index contributed by atoms with van der Waals surface area (Å²) in [7, 11) is 0. The summed E-state index contributed by atoms with van der Waals surface area (Å²) in [5, 5.41) is 9.53. The molecule has 1 heteroatoms. The molecule has 0 spiro atoms. The van der Waals surface area contributed by atoms with Crippen LogP contribution in [0.4, 0.5) is 0 Å². The van der Waals surface area contributed by atoms with E-state index in [1.54, 1.807) is 0 Å². The first kappa shape index (κ1) is 7.07. The van der Waals surface area contributed by atoms with Crippen LogP contribution < -0.4 is 0 Å². The SMILES string of the molecule is CCCCC1(O)CC1C. The predicted molar refractivity (Wildman–Crippen MR) is 38.3 cm³/mol. The van der Waals surface area contributed by atoms with Crippen LogP contribution in [0.3, 0.4) is 0 Å². The van der Waals surface area contributed by atoms with Crippen molar-refractivity contribution in [3.63, 3.8) is 0 Å². The van der Waals surface area contributed by atoms with Gasteiger partial charge in [0, 0.05) is 0 Å². The van der Waals surface area contributed by atoms with Crippen molar-refractivity contribution in [3.8, 4) is 0 Å². The first-order valence-electron chi connectivity index (χ1n) is 3.91. The van der Waals surface area contributed by atoms with Gasteiger partial charge >= 0.3 is 0 Å². The summed E-state index contributed by atoms with van der Waals surface area (Å²) in [5.41, 5.74) is -0.240. The Morgan fingerprint density at radius 1 is 1.67 bits per heavy atom. The summed E-state index contributed by atoms with van der Waals surface area (Å²) in [6.45, 7) is 4.28. The van der Waals surface area contributed by atoms with Crippen molar-refractivity contribution < 1.29 is 5.11 Å². The Morgan fingerprint density at radius 3 is 2.56 bits per heavy atom. The topological polar surface area (TPSA) is 20.2 Å². The van der Waals surface area contributed by atoms with Crippen LogP contribution in [0, 0.1) is 5.92 Å². The van der Waals surface area contributed by atoms with Crippen LogP contribution in [0.2, 0.25) is 0 Å². The highest BCUT2D eigenvalue weighted by Crippen LogP contribution is 2.46. The lowest BCUT2D eigenvalue weighted by Gasteiger charge is -2.05. The zero-order valence-corrected chi connectivity index (χ0v) is 6.35. The average molecular weight is 128 g/mol. The van der Waals surface area contributed by atoms with E-state index in [2.05, 4.69) is 13.8 Å². The van der Waals surface area contributed by atoms with Gasteiger partial charge in [0.1, 0.15) is 0 Å². The molecular weight excluding hydrogens is 112 g/mol. The van der Waals surface area contributed by atoms with Gasteiger partial charge in [-0.3, -0.25) is 0 Å². The highest BCUT2D eigenvalue weighted by Gasteiger charge is 2.48. The summed E-state index contributed by atoms with van der Waals surface area (Å²) < 4.78 is 0. The number of rotatable bonds is 3. The van der Waals surface area contributed by atoms with Gasteiger partial charge < -0.3 is 5.11 Å². The Hall–Kier alpha value is -0.0400. The van der Waals surface area contributed by atoms with Crippen molar-refractivity contribution >= 4 is 0 Å². The van der Waals surface area contributed by atoms with Crippen LogP contribution in [0.5, 0.6) is 0 Å². The lowest BCUT2D eigenvalue weighted by atomic mass is 10.1. The number of aliphatic hydroxyl groups is 1. The first-order valence-corrected chi connectivity index (χ1v) is 3.91. The fourth-order valence-corrected chi connectivity index (χ4v) is 1.30. The zero-order valence-electron chi connectivity index (χ0n) is 6.35. The first-order chi connectivity index (χ1) is 4.19. The van der Waals surface area contributed by atoms with E-state index in [4.69, 9.17) is 0 Å². The minimum absolute atomic E-state index is 0.240. The van der Waals surface area contributed by atoms with Gasteiger partial charge in [-0.05, 0) is 18.8 Å². The third-order valence-corrected chi connectivity index (χ3v) is 2.38. The van der Waals surface area contributed by atoms with Gasteiger partial charge in [-0.1, -0.05) is 26.7 Å². The molecule has 0 amide bonds. The fraction of sp³-hybridized carbons (Fsp3) is 1.00. The molecule has 1 aliphatic carbocycles. The molecule has 0 aromatic carbocycles. The fourth-order valence-electron chi connectivity index (χ4n) is 1.30. The van der Waals surface area contributed by atoms with Crippen LogP contribution in [0.15, 0.2) is 0 Å². The molecule has 1 nitrogen and oxygen atoms in total. The molecule has 2 atom stereocenters. The van der Waals surface area contributed by atoms with Crippen molar-refractivity contribution in [2.75, 3.05) is 0 Å². The van der Waals surface area contributed by atoms with Gasteiger partial charge in [-0.25, -0.2) is 0 Å². The molecule has 1 fully saturated rings. The van der Waals surface area contributed by atoms with Crippen LogP contribution >= 0.6 is 0 Å². The molecule has 9 heavy (non-hydrogen) atoms. The van der Waals surface area contributed by atoms with E-state index >= 15 is 0 Å². The monoisotopic (exact) mass is 128 g/mol. The molecule has 1 rings (SSSR count). The van der Waals surface area contributed by atoms with Crippen LogP contribution in [-0.2, 0) is 0 Å². The Bertz CT molecular complexity index is 101. The van der Waals surface area contributed by atoms with E-state index < -0.39 is 0 Å². The summed E-state index contributed by atoms with van der Waals surface area (Å²) in [6.07, 6.45) is 4.44. The van der Waals surface area contributed by atoms with Gasteiger partial charge in [-0.15, -0.1) is 0 Å². The molecular formula is C8H16O. The van der Waals surface area contributed by atoms with Crippen LogP contribution in [-0.4, -0.2) is 10.7 Å². The normalized spacial score (nSPS) is 41.0. The van der Waals surface area contributed by atoms with Crippen molar-refractivity contribution in [2.45, 2.75) is 45.1 Å². The van der Waals surface area contributed by atoms with Gasteiger partial charge in [0.05, 0.1) is 5.60 Å². The quantitative estimate of drug-likeness (QED) is 0.616. The van der Waals surface area contributed by atoms with Crippen molar-refractivity contribution in [1.29, 1.82) is 0 Å². The molecule has 0 heterocycles. The van der Waals surface area contributed by atoms with E-state index in [9.17, 15) is 5.11 Å². The minimum Gasteiger partial charge on any atom is -0.390 e. The zero-order chi connectivity index (χ0) is 6.91. The molecule has 0 aromatic heterocycles. The van der Waals surface area contributed by atoms with E-state index in [-0.39, 0.29) is 5.60 Å². The number of unbranched alkanes of at least 4 members (excludes halogenated alkanes) is 1. The Kier molecular flexibility index (Phi) is 1.80. The third kappa shape index (κ3) is 1.45. The van der Waals surface area contributed by atoms with E-state index in [1.165, 1.54) is 12.8 Å². The summed E-state index contributed by atoms with van der Waals surface area (Å²) >= 11 is 0. The van der Waals surface area contributed by atoms with Crippen molar-refractivity contribution in [1.82, 2.24) is 0 Å². The maximum absolute atomic E-state index is 9.53. The molecule has 0 aliphatic heterocycles. The lowest BCUT2D eigenvalue weighted by Crippen LogP contribution is -2.08. The second-order valence-corrected chi connectivity index (χ2v) is 3.31. The Labute approximate surface area is 57.1 Å². The maximum Gasteiger partial charge on any atom is 0.0677 e. The second kappa shape index (κ2) is 2.30. The van der Waals surface area contributed by atoms with Crippen LogP contribution in [0.1, 0.15) is 39.5 Å². The molecule has 0 aromatic rings. The van der Waals surface area contributed by atoms with Crippen LogP contribution in [0.25, 0.3) is 0 Å². The lowest BCUT2D eigenvalue weighted by molar-refractivity contribution is 0.121. The van der Waals surface area contributed by atoms with Crippen molar-refractivity contribution in [2.24, 2.45) is 5.92 Å². The standard InChI is InChI=1S/C8H16O/c1-3-4-5-8(9)6-7(8)2/h7,9H,3-6H2,1-2H3. The van der Waals surface area contributed by atoms with Gasteiger partial charge in [0.25, 0.3) is 0 Å².